The Kier molecular flexibility index (Phi) is 381. The van der Waals surface area contributed by atoms with Crippen LogP contribution in [0.15, 0.2) is 0 Å². The molecular formula is H2FeMgMnMoPtSi. The van der Waals surface area contributed by atoms with Gasteiger partial charge in [0.05, 0.1) is 0 Å². The van der Waals surface area contributed by atoms with Crippen LogP contribution in [0.5, 0.6) is 0 Å². The van der Waals surface area contributed by atoms with Crippen LogP contribution in [0.3, 0.4) is 0 Å². The molecule has 0 nitrogen and oxygen atoms in total. The fourth-order valence-corrected chi connectivity index (χ4v) is 0. The van der Waals surface area contributed by atoms with Gasteiger partial charge in [0.25, 0.3) is 0 Å². The van der Waals surface area contributed by atoms with Gasteiger partial charge in [-0.15, -0.1) is 0 Å². The van der Waals surface area contributed by atoms with Crippen molar-refractivity contribution in [1.82, 2.24) is 0 Å². The second-order valence-electron chi connectivity index (χ2n) is 0. The molecule has 0 amide bonds. The van der Waals surface area contributed by atoms with Crippen LogP contribution in [-0.4, -0.2) is 34.0 Å². The fraction of sp³-hybridized carbons (Fsp3) is 0. The normalized spacial score (nSPS) is 0. The first-order valence-electron chi connectivity index (χ1n) is 0. The third-order valence-corrected chi connectivity index (χ3v) is 0. The van der Waals surface area contributed by atoms with E-state index in [0.29, 0.717) is 0 Å². The van der Waals surface area contributed by atoms with Crippen LogP contribution >= 0.6 is 0 Å². The zero-order valence-corrected chi connectivity index (χ0v) is 9.52. The topological polar surface area (TPSA) is 0 Å². The van der Waals surface area contributed by atoms with Gasteiger partial charge in [-0.3, -0.25) is 0 Å². The minimum Gasteiger partial charge on any atom is 0 e. The molecule has 0 aromatic heterocycles. The van der Waals surface area contributed by atoms with Gasteiger partial charge in [0.15, 0.2) is 0 Å². The van der Waals surface area contributed by atoms with Crippen LogP contribution in [0, 0.1) is 0 Å². The molecule has 0 aliphatic heterocycles. The van der Waals surface area contributed by atoms with Gasteiger partial charge in [-0.1, -0.05) is 0 Å². The minimum absolute atomic E-state index is 0. The summed E-state index contributed by atoms with van der Waals surface area (Å²) < 4.78 is 0. The Morgan fingerprint density at radius 3 is 1.00 bits per heavy atom. The van der Waals surface area contributed by atoms with E-state index < -0.39 is 0 Å². The summed E-state index contributed by atoms with van der Waals surface area (Å²) in [5, 5.41) is 0. The molecule has 0 N–H and O–H groups in total. The van der Waals surface area contributed by atoms with Gasteiger partial charge in [-0.25, -0.2) is 0 Å². The average molecular weight is 456 g/mol. The summed E-state index contributed by atoms with van der Waals surface area (Å²) in [6, 6.07) is 0. The first-order valence-corrected chi connectivity index (χ1v) is 0. The van der Waals surface area contributed by atoms with E-state index in [1.165, 1.54) is 0 Å². The largest absolute Gasteiger partial charge is 0.316 e. The van der Waals surface area contributed by atoms with Gasteiger partial charge in [-0.05, 0) is 0 Å². The van der Waals surface area contributed by atoms with Crippen LogP contribution in [0.1, 0.15) is 0 Å². The Hall–Kier alpha value is 3.40. The maximum Gasteiger partial charge on any atom is 0.316 e. The van der Waals surface area contributed by atoms with E-state index in [4.69, 9.17) is 0 Å². The zero-order valence-electron chi connectivity index (χ0n) is 1.96. The predicted molar refractivity (Wildman–Crippen MR) is 14.3 cm³/mol. The monoisotopic (exact) mass is 458 g/mol. The van der Waals surface area contributed by atoms with Crippen molar-refractivity contribution in [3.63, 3.8) is 0 Å². The zero-order chi connectivity index (χ0) is 0. The van der Waals surface area contributed by atoms with Gasteiger partial charge in [0.2, 0.25) is 0 Å². The Balaban J connectivity index is 0. The fourth-order valence-electron chi connectivity index (χ4n) is 0. The van der Waals surface area contributed by atoms with Crippen LogP contribution in [0.25, 0.3) is 0 Å². The summed E-state index contributed by atoms with van der Waals surface area (Å²) >= 11 is 0. The van der Waals surface area contributed by atoms with Crippen LogP contribution in [-0.2, 0) is 76.3 Å². The molecule has 0 fully saturated rings. The Morgan fingerprint density at radius 2 is 1.00 bits per heavy atom. The van der Waals surface area contributed by atoms with Crippen molar-refractivity contribution in [1.29, 1.82) is 0 Å². The Morgan fingerprint density at radius 1 is 1.00 bits per heavy atom. The van der Waals surface area contributed by atoms with Gasteiger partial charge in [0, 0.05) is 87.2 Å². The van der Waals surface area contributed by atoms with Crippen LogP contribution in [0.2, 0.25) is 0 Å². The van der Waals surface area contributed by atoms with Crippen molar-refractivity contribution >= 4 is 34.0 Å². The molecule has 5 radical (unpaired) electrons. The summed E-state index contributed by atoms with van der Waals surface area (Å²) in [7, 11) is 0. The Labute approximate surface area is 108 Å². The molecule has 0 atom stereocenters. The molecule has 39 valence electrons. The summed E-state index contributed by atoms with van der Waals surface area (Å²) in [6.07, 6.45) is 0. The van der Waals surface area contributed by atoms with Gasteiger partial charge in [-0.2, -0.15) is 0 Å². The van der Waals surface area contributed by atoms with Crippen molar-refractivity contribution in [3.05, 3.63) is 0 Å². The molecule has 0 bridgehead atoms. The van der Waals surface area contributed by atoms with Crippen molar-refractivity contribution in [3.8, 4) is 0 Å². The van der Waals surface area contributed by atoms with E-state index in [9.17, 15) is 0 Å². The summed E-state index contributed by atoms with van der Waals surface area (Å²) in [5.74, 6) is 0. The molecule has 6 heavy (non-hydrogen) atoms. The maximum absolute atomic E-state index is 0. The molecule has 0 aromatic rings. The number of rotatable bonds is 0. The van der Waals surface area contributed by atoms with E-state index in [2.05, 4.69) is 0 Å². The van der Waals surface area contributed by atoms with Gasteiger partial charge < -0.3 is 0 Å². The van der Waals surface area contributed by atoms with Gasteiger partial charge in [0.1, 0.15) is 0 Å². The molecule has 6 heteroatoms. The molecule has 0 aliphatic carbocycles. The smallest absolute Gasteiger partial charge is 0 e. The molecule has 0 saturated heterocycles. The molecule has 0 aliphatic rings. The van der Waals surface area contributed by atoms with Crippen molar-refractivity contribution < 1.29 is 76.3 Å². The van der Waals surface area contributed by atoms with E-state index in [-0.39, 0.29) is 110 Å². The van der Waals surface area contributed by atoms with Crippen LogP contribution < -0.4 is 0 Å². The first kappa shape index (κ1) is 57.4. The molecular weight excluding hydrogens is 454 g/mol. The van der Waals surface area contributed by atoms with Crippen molar-refractivity contribution in [2.75, 3.05) is 0 Å². The molecule has 0 heterocycles. The molecule has 0 aromatic carbocycles. The standard InChI is InChI=1S/Fe.Mg.Mn.Mo.Pt.Si.2H. The Bertz CT molecular complexity index is 15.5. The third-order valence-electron chi connectivity index (χ3n) is 0. The molecule has 0 spiro atoms. The third kappa shape index (κ3) is 26.2. The van der Waals surface area contributed by atoms with E-state index >= 15 is 0 Å². The molecule has 0 rings (SSSR count). The molecule has 0 unspecified atom stereocenters. The van der Waals surface area contributed by atoms with E-state index in [0.717, 1.165) is 0 Å². The van der Waals surface area contributed by atoms with Crippen molar-refractivity contribution in [2.24, 2.45) is 0 Å². The van der Waals surface area contributed by atoms with Crippen LogP contribution in [0.4, 0.5) is 0 Å². The van der Waals surface area contributed by atoms with Crippen molar-refractivity contribution in [2.45, 2.75) is 0 Å². The average Bonchev–Trinajstić information content (AvgIpc) is 0. The number of hydrogen-bond acceptors (Lipinski definition) is 0. The first-order chi connectivity index (χ1) is 0. The quantitative estimate of drug-likeness (QED) is 0.398. The minimum atomic E-state index is 0. The second kappa shape index (κ2) is 39.8. The maximum atomic E-state index is 0. The predicted octanol–water partition coefficient (Wildman–Crippen LogP) is -1.31. The molecule has 0 saturated carbocycles. The van der Waals surface area contributed by atoms with E-state index in [1.807, 2.05) is 0 Å². The SMILES string of the molecule is [Fe].[MgH2].[Mn].[Mo].[Pt].[Si]. The number of hydrogen-bond donors (Lipinski definition) is 0. The second-order valence-corrected chi connectivity index (χ2v) is 0. The summed E-state index contributed by atoms with van der Waals surface area (Å²) in [4.78, 5) is 0. The van der Waals surface area contributed by atoms with Gasteiger partial charge >= 0.3 is 23.1 Å². The summed E-state index contributed by atoms with van der Waals surface area (Å²) in [6.45, 7) is 0. The van der Waals surface area contributed by atoms with E-state index in [1.54, 1.807) is 0 Å². The summed E-state index contributed by atoms with van der Waals surface area (Å²) in [5.41, 5.74) is 0.